The molecule has 0 amide bonds. The van der Waals surface area contributed by atoms with E-state index in [9.17, 15) is 8.42 Å². The first-order valence-electron chi connectivity index (χ1n) is 5.28. The summed E-state index contributed by atoms with van der Waals surface area (Å²) in [6.45, 7) is 4.32. The Labute approximate surface area is 91.5 Å². The molecule has 1 aliphatic rings. The van der Waals surface area contributed by atoms with Gasteiger partial charge in [-0.25, -0.2) is 13.6 Å². The van der Waals surface area contributed by atoms with Gasteiger partial charge in [0.1, 0.15) is 0 Å². The van der Waals surface area contributed by atoms with E-state index in [1.807, 2.05) is 0 Å². The van der Waals surface area contributed by atoms with Crippen molar-refractivity contribution in [2.75, 3.05) is 6.61 Å². The SMILES string of the molecule is C=CCC[C@@H](C[C@H]1CCCO1)S(N)(=O)=O. The summed E-state index contributed by atoms with van der Waals surface area (Å²) in [6, 6.07) is 0. The van der Waals surface area contributed by atoms with Gasteiger partial charge in [0.15, 0.2) is 0 Å². The zero-order valence-corrected chi connectivity index (χ0v) is 9.71. The highest BCUT2D eigenvalue weighted by Crippen LogP contribution is 2.21. The summed E-state index contributed by atoms with van der Waals surface area (Å²) >= 11 is 0. The van der Waals surface area contributed by atoms with E-state index in [-0.39, 0.29) is 6.10 Å². The molecule has 0 spiro atoms. The molecule has 5 heteroatoms. The Hall–Kier alpha value is -0.390. The lowest BCUT2D eigenvalue weighted by Crippen LogP contribution is -2.31. The first-order chi connectivity index (χ1) is 7.04. The second kappa shape index (κ2) is 5.63. The first kappa shape index (κ1) is 12.7. The topological polar surface area (TPSA) is 69.4 Å². The molecule has 15 heavy (non-hydrogen) atoms. The van der Waals surface area contributed by atoms with Crippen molar-refractivity contribution in [3.05, 3.63) is 12.7 Å². The second-order valence-corrected chi connectivity index (χ2v) is 5.79. The van der Waals surface area contributed by atoms with Crippen molar-refractivity contribution in [2.24, 2.45) is 5.14 Å². The monoisotopic (exact) mass is 233 g/mol. The van der Waals surface area contributed by atoms with E-state index in [0.29, 0.717) is 19.3 Å². The molecule has 0 aromatic carbocycles. The summed E-state index contributed by atoms with van der Waals surface area (Å²) in [6.07, 6.45) is 5.48. The second-order valence-electron chi connectivity index (χ2n) is 3.95. The molecule has 0 unspecified atom stereocenters. The summed E-state index contributed by atoms with van der Waals surface area (Å²) in [7, 11) is -3.45. The van der Waals surface area contributed by atoms with Gasteiger partial charge in [-0.1, -0.05) is 6.08 Å². The fraction of sp³-hybridized carbons (Fsp3) is 0.800. The number of allylic oxidation sites excluding steroid dienone is 1. The molecule has 0 radical (unpaired) electrons. The van der Waals surface area contributed by atoms with Crippen molar-refractivity contribution >= 4 is 10.0 Å². The molecule has 0 aromatic heterocycles. The van der Waals surface area contributed by atoms with Gasteiger partial charge in [-0.2, -0.15) is 0 Å². The molecule has 88 valence electrons. The maximum Gasteiger partial charge on any atom is 0.212 e. The minimum Gasteiger partial charge on any atom is -0.378 e. The smallest absolute Gasteiger partial charge is 0.212 e. The number of nitrogens with two attached hydrogens (primary N) is 1. The number of rotatable bonds is 6. The van der Waals surface area contributed by atoms with Gasteiger partial charge in [-0.05, 0) is 32.1 Å². The Balaban J connectivity index is 2.51. The lowest BCUT2D eigenvalue weighted by molar-refractivity contribution is 0.103. The van der Waals surface area contributed by atoms with Crippen LogP contribution in [-0.4, -0.2) is 26.4 Å². The van der Waals surface area contributed by atoms with Crippen molar-refractivity contribution in [1.82, 2.24) is 0 Å². The van der Waals surface area contributed by atoms with E-state index in [4.69, 9.17) is 9.88 Å². The van der Waals surface area contributed by atoms with Crippen LogP contribution in [0, 0.1) is 0 Å². The predicted molar refractivity (Wildman–Crippen MR) is 59.9 cm³/mol. The van der Waals surface area contributed by atoms with E-state index < -0.39 is 15.3 Å². The Morgan fingerprint density at radius 1 is 1.60 bits per heavy atom. The van der Waals surface area contributed by atoms with Crippen LogP contribution < -0.4 is 5.14 Å². The molecule has 1 heterocycles. The van der Waals surface area contributed by atoms with Gasteiger partial charge in [-0.3, -0.25) is 0 Å². The summed E-state index contributed by atoms with van der Waals surface area (Å²) in [5.41, 5.74) is 0. The third-order valence-electron chi connectivity index (χ3n) is 2.71. The molecule has 0 bridgehead atoms. The van der Waals surface area contributed by atoms with Crippen molar-refractivity contribution in [3.8, 4) is 0 Å². The number of primary sulfonamides is 1. The van der Waals surface area contributed by atoms with Gasteiger partial charge in [0, 0.05) is 6.61 Å². The van der Waals surface area contributed by atoms with Gasteiger partial charge in [0.05, 0.1) is 11.4 Å². The molecule has 0 aliphatic carbocycles. The van der Waals surface area contributed by atoms with Crippen LogP contribution in [0.15, 0.2) is 12.7 Å². The lowest BCUT2D eigenvalue weighted by Gasteiger charge is -2.17. The maximum atomic E-state index is 11.3. The Morgan fingerprint density at radius 3 is 2.80 bits per heavy atom. The fourth-order valence-corrected chi connectivity index (χ4v) is 2.79. The van der Waals surface area contributed by atoms with Crippen LogP contribution in [0.3, 0.4) is 0 Å². The molecule has 1 rings (SSSR count). The van der Waals surface area contributed by atoms with Crippen LogP contribution in [0.5, 0.6) is 0 Å². The van der Waals surface area contributed by atoms with Crippen molar-refractivity contribution in [2.45, 2.75) is 43.5 Å². The van der Waals surface area contributed by atoms with Gasteiger partial charge in [0.2, 0.25) is 10.0 Å². The summed E-state index contributed by atoms with van der Waals surface area (Å²) in [5, 5.41) is 4.69. The fourth-order valence-electron chi connectivity index (χ4n) is 1.84. The molecular weight excluding hydrogens is 214 g/mol. The molecule has 0 aromatic rings. The van der Waals surface area contributed by atoms with Gasteiger partial charge in [-0.15, -0.1) is 6.58 Å². The standard InChI is InChI=1S/C10H19NO3S/c1-2-3-6-10(15(11,12)13)8-9-5-4-7-14-9/h2,9-10H,1,3-8H2,(H2,11,12,13)/t9-,10+/m1/s1. The maximum absolute atomic E-state index is 11.3. The van der Waals surface area contributed by atoms with Crippen molar-refractivity contribution in [3.63, 3.8) is 0 Å². The van der Waals surface area contributed by atoms with Crippen LogP contribution in [-0.2, 0) is 14.8 Å². The highest BCUT2D eigenvalue weighted by Gasteiger charge is 2.27. The molecule has 0 saturated carbocycles. The minimum absolute atomic E-state index is 0.0677. The van der Waals surface area contributed by atoms with E-state index in [1.54, 1.807) is 6.08 Å². The number of hydrogen-bond acceptors (Lipinski definition) is 3. The average molecular weight is 233 g/mol. The molecule has 1 fully saturated rings. The summed E-state index contributed by atoms with van der Waals surface area (Å²) in [5.74, 6) is 0. The largest absolute Gasteiger partial charge is 0.378 e. The lowest BCUT2D eigenvalue weighted by atomic mass is 10.1. The quantitative estimate of drug-likeness (QED) is 0.700. The molecule has 2 N–H and O–H groups in total. The molecular formula is C10H19NO3S. The molecule has 4 nitrogen and oxygen atoms in total. The Kier molecular flexibility index (Phi) is 4.76. The molecule has 1 saturated heterocycles. The van der Waals surface area contributed by atoms with Crippen molar-refractivity contribution < 1.29 is 13.2 Å². The zero-order chi connectivity index (χ0) is 11.3. The summed E-state index contributed by atoms with van der Waals surface area (Å²) < 4.78 is 28.0. The van der Waals surface area contributed by atoms with Gasteiger partial charge < -0.3 is 4.74 Å². The minimum atomic E-state index is -3.45. The van der Waals surface area contributed by atoms with E-state index in [0.717, 1.165) is 19.4 Å². The van der Waals surface area contributed by atoms with Crippen LogP contribution in [0.1, 0.15) is 32.1 Å². The van der Waals surface area contributed by atoms with E-state index >= 15 is 0 Å². The normalized spacial score (nSPS) is 23.9. The average Bonchev–Trinajstić information content (AvgIpc) is 2.62. The van der Waals surface area contributed by atoms with Crippen LogP contribution >= 0.6 is 0 Å². The first-order valence-corrected chi connectivity index (χ1v) is 6.89. The number of ether oxygens (including phenoxy) is 1. The Morgan fingerprint density at radius 2 is 2.33 bits per heavy atom. The summed E-state index contributed by atoms with van der Waals surface area (Å²) in [4.78, 5) is 0. The number of hydrogen-bond donors (Lipinski definition) is 1. The zero-order valence-electron chi connectivity index (χ0n) is 8.89. The van der Waals surface area contributed by atoms with Crippen molar-refractivity contribution in [1.29, 1.82) is 0 Å². The van der Waals surface area contributed by atoms with Gasteiger partial charge in [0.25, 0.3) is 0 Å². The predicted octanol–water partition coefficient (Wildman–Crippen LogP) is 1.18. The van der Waals surface area contributed by atoms with E-state index in [1.165, 1.54) is 0 Å². The third-order valence-corrected chi connectivity index (χ3v) is 4.06. The highest BCUT2D eigenvalue weighted by molar-refractivity contribution is 7.89. The van der Waals surface area contributed by atoms with E-state index in [2.05, 4.69) is 6.58 Å². The molecule has 2 atom stereocenters. The Bertz CT molecular complexity index is 294. The van der Waals surface area contributed by atoms with Crippen LogP contribution in [0.4, 0.5) is 0 Å². The molecule has 1 aliphatic heterocycles. The third kappa shape index (κ3) is 4.32. The number of sulfonamides is 1. The van der Waals surface area contributed by atoms with Gasteiger partial charge >= 0.3 is 0 Å². The highest BCUT2D eigenvalue weighted by atomic mass is 32.2. The van der Waals surface area contributed by atoms with Crippen LogP contribution in [0.25, 0.3) is 0 Å². The van der Waals surface area contributed by atoms with Crippen LogP contribution in [0.2, 0.25) is 0 Å².